The van der Waals surface area contributed by atoms with Crippen LogP contribution in [-0.4, -0.2) is 25.0 Å². The van der Waals surface area contributed by atoms with Gasteiger partial charge in [0.25, 0.3) is 0 Å². The highest BCUT2D eigenvalue weighted by molar-refractivity contribution is 5.78. The molecule has 0 spiro atoms. The second-order valence-electron chi connectivity index (χ2n) is 5.91. The van der Waals surface area contributed by atoms with Crippen LogP contribution in [0.2, 0.25) is 0 Å². The van der Waals surface area contributed by atoms with Crippen molar-refractivity contribution in [3.05, 3.63) is 0 Å². The molecule has 0 aromatic carbocycles. The van der Waals surface area contributed by atoms with Gasteiger partial charge in [-0.25, -0.2) is 0 Å². The summed E-state index contributed by atoms with van der Waals surface area (Å²) in [5, 5.41) is 6.46. The average Bonchev–Trinajstić information content (AvgIpc) is 2.89. The normalized spacial score (nSPS) is 36.6. The maximum absolute atomic E-state index is 11.6. The highest BCUT2D eigenvalue weighted by atomic mass is 16.1. The average molecular weight is 222 g/mol. The zero-order chi connectivity index (χ0) is 11.0. The van der Waals surface area contributed by atoms with Gasteiger partial charge in [0.2, 0.25) is 5.91 Å². The fourth-order valence-electron chi connectivity index (χ4n) is 3.36. The molecule has 3 unspecified atom stereocenters. The lowest BCUT2D eigenvalue weighted by Crippen LogP contribution is -2.41. The maximum Gasteiger partial charge on any atom is 0.233 e. The molecule has 3 rings (SSSR count). The largest absolute Gasteiger partial charge is 0.355 e. The molecule has 3 aliphatic carbocycles. The van der Waals surface area contributed by atoms with Crippen LogP contribution in [0.5, 0.6) is 0 Å². The molecule has 3 nitrogen and oxygen atoms in total. The first-order valence-corrected chi connectivity index (χ1v) is 6.81. The predicted molar refractivity (Wildman–Crippen MR) is 63.0 cm³/mol. The van der Waals surface area contributed by atoms with E-state index in [1.165, 1.54) is 38.5 Å². The molecule has 0 saturated heterocycles. The lowest BCUT2D eigenvalue weighted by atomic mass is 9.95. The third-order valence-corrected chi connectivity index (χ3v) is 4.55. The molecule has 0 aromatic rings. The summed E-state index contributed by atoms with van der Waals surface area (Å²) in [5.41, 5.74) is 0. The Morgan fingerprint density at radius 1 is 1.12 bits per heavy atom. The topological polar surface area (TPSA) is 41.1 Å². The van der Waals surface area contributed by atoms with Gasteiger partial charge in [-0.3, -0.25) is 4.79 Å². The molecular weight excluding hydrogens is 200 g/mol. The van der Waals surface area contributed by atoms with E-state index in [2.05, 4.69) is 10.6 Å². The van der Waals surface area contributed by atoms with Crippen LogP contribution in [0.4, 0.5) is 0 Å². The minimum absolute atomic E-state index is 0.190. The number of carbonyl (C=O) groups excluding carboxylic acids is 1. The molecular formula is C13H22N2O. The molecule has 2 bridgehead atoms. The number of fused-ring (bicyclic) bond motifs is 2. The van der Waals surface area contributed by atoms with Crippen molar-refractivity contribution in [3.8, 4) is 0 Å². The van der Waals surface area contributed by atoms with Crippen LogP contribution in [-0.2, 0) is 4.79 Å². The molecule has 0 radical (unpaired) electrons. The van der Waals surface area contributed by atoms with Gasteiger partial charge in [-0.2, -0.15) is 0 Å². The van der Waals surface area contributed by atoms with Gasteiger partial charge >= 0.3 is 0 Å². The molecule has 3 heteroatoms. The van der Waals surface area contributed by atoms with E-state index in [1.807, 2.05) is 0 Å². The zero-order valence-electron chi connectivity index (χ0n) is 9.87. The second-order valence-corrected chi connectivity index (χ2v) is 5.91. The van der Waals surface area contributed by atoms with Crippen LogP contribution in [0.3, 0.4) is 0 Å². The van der Waals surface area contributed by atoms with E-state index < -0.39 is 0 Å². The number of carbonyl (C=O) groups is 1. The van der Waals surface area contributed by atoms with Gasteiger partial charge < -0.3 is 10.6 Å². The van der Waals surface area contributed by atoms with Crippen molar-refractivity contribution < 1.29 is 4.79 Å². The lowest BCUT2D eigenvalue weighted by molar-refractivity contribution is -0.120. The number of nitrogens with one attached hydrogen (secondary N) is 2. The van der Waals surface area contributed by atoms with Crippen molar-refractivity contribution in [2.75, 3.05) is 13.1 Å². The molecule has 3 aliphatic rings. The molecule has 0 heterocycles. The van der Waals surface area contributed by atoms with E-state index in [1.54, 1.807) is 0 Å². The summed E-state index contributed by atoms with van der Waals surface area (Å²) in [4.78, 5) is 11.6. The van der Waals surface area contributed by atoms with Crippen molar-refractivity contribution in [3.63, 3.8) is 0 Å². The summed E-state index contributed by atoms with van der Waals surface area (Å²) in [7, 11) is 0. The van der Waals surface area contributed by atoms with Crippen molar-refractivity contribution in [2.45, 2.75) is 44.6 Å². The lowest BCUT2D eigenvalue weighted by Gasteiger charge is -2.22. The van der Waals surface area contributed by atoms with Crippen LogP contribution in [0.15, 0.2) is 0 Å². The minimum atomic E-state index is 0.190. The Morgan fingerprint density at radius 2 is 2.00 bits per heavy atom. The van der Waals surface area contributed by atoms with E-state index >= 15 is 0 Å². The highest BCUT2D eigenvalue weighted by Crippen LogP contribution is 2.44. The zero-order valence-corrected chi connectivity index (χ0v) is 9.87. The van der Waals surface area contributed by atoms with Crippen molar-refractivity contribution in [1.82, 2.24) is 10.6 Å². The van der Waals surface area contributed by atoms with E-state index in [0.29, 0.717) is 12.6 Å². The van der Waals surface area contributed by atoms with Crippen molar-refractivity contribution in [1.29, 1.82) is 0 Å². The molecule has 3 atom stereocenters. The monoisotopic (exact) mass is 222 g/mol. The summed E-state index contributed by atoms with van der Waals surface area (Å²) < 4.78 is 0. The van der Waals surface area contributed by atoms with Gasteiger partial charge in [-0.05, 0) is 49.9 Å². The van der Waals surface area contributed by atoms with Gasteiger partial charge in [0.05, 0.1) is 6.54 Å². The first-order valence-electron chi connectivity index (χ1n) is 6.81. The number of amides is 1. The van der Waals surface area contributed by atoms with Gasteiger partial charge in [-0.15, -0.1) is 0 Å². The summed E-state index contributed by atoms with van der Waals surface area (Å²) in [6.07, 6.45) is 8.13. The Bertz CT molecular complexity index is 275. The minimum Gasteiger partial charge on any atom is -0.355 e. The number of rotatable bonds is 5. The molecule has 1 amide bonds. The quantitative estimate of drug-likeness (QED) is 0.736. The highest BCUT2D eigenvalue weighted by Gasteiger charge is 2.39. The molecule has 3 saturated carbocycles. The molecule has 0 aliphatic heterocycles. The Labute approximate surface area is 97.4 Å². The SMILES string of the molecule is O=C(CNC1CC2CCC1C2)NCC1CC1. The fourth-order valence-corrected chi connectivity index (χ4v) is 3.36. The van der Waals surface area contributed by atoms with Crippen LogP contribution >= 0.6 is 0 Å². The first-order chi connectivity index (χ1) is 7.81. The van der Waals surface area contributed by atoms with Gasteiger partial charge in [0.15, 0.2) is 0 Å². The van der Waals surface area contributed by atoms with E-state index in [-0.39, 0.29) is 5.91 Å². The number of hydrogen-bond acceptors (Lipinski definition) is 2. The second kappa shape index (κ2) is 4.36. The van der Waals surface area contributed by atoms with Gasteiger partial charge in [-0.1, -0.05) is 6.42 Å². The third kappa shape index (κ3) is 2.40. The van der Waals surface area contributed by atoms with Crippen LogP contribution in [0, 0.1) is 17.8 Å². The summed E-state index contributed by atoms with van der Waals surface area (Å²) >= 11 is 0. The van der Waals surface area contributed by atoms with Gasteiger partial charge in [0, 0.05) is 12.6 Å². The summed E-state index contributed by atoms with van der Waals surface area (Å²) in [5.74, 6) is 2.79. The summed E-state index contributed by atoms with van der Waals surface area (Å²) in [6, 6.07) is 0.630. The Hall–Kier alpha value is -0.570. The van der Waals surface area contributed by atoms with Crippen molar-refractivity contribution in [2.24, 2.45) is 17.8 Å². The van der Waals surface area contributed by atoms with E-state index in [9.17, 15) is 4.79 Å². The molecule has 2 N–H and O–H groups in total. The predicted octanol–water partition coefficient (Wildman–Crippen LogP) is 1.29. The smallest absolute Gasteiger partial charge is 0.233 e. The maximum atomic E-state index is 11.6. The van der Waals surface area contributed by atoms with E-state index in [0.717, 1.165) is 24.3 Å². The third-order valence-electron chi connectivity index (χ3n) is 4.55. The van der Waals surface area contributed by atoms with Gasteiger partial charge in [0.1, 0.15) is 0 Å². The molecule has 16 heavy (non-hydrogen) atoms. The number of hydrogen-bond donors (Lipinski definition) is 2. The summed E-state index contributed by atoms with van der Waals surface area (Å²) in [6.45, 7) is 1.43. The Morgan fingerprint density at radius 3 is 2.62 bits per heavy atom. The van der Waals surface area contributed by atoms with Crippen LogP contribution in [0.25, 0.3) is 0 Å². The Kier molecular flexibility index (Phi) is 2.88. The van der Waals surface area contributed by atoms with Crippen molar-refractivity contribution >= 4 is 5.91 Å². The molecule has 90 valence electrons. The molecule has 3 fully saturated rings. The van der Waals surface area contributed by atoms with E-state index in [4.69, 9.17) is 0 Å². The Balaban J connectivity index is 1.34. The fraction of sp³-hybridized carbons (Fsp3) is 0.923. The van der Waals surface area contributed by atoms with Crippen LogP contribution < -0.4 is 10.6 Å². The van der Waals surface area contributed by atoms with Crippen LogP contribution in [0.1, 0.15) is 38.5 Å². The first kappa shape index (κ1) is 10.6. The molecule has 0 aromatic heterocycles. The standard InChI is InChI=1S/C13H22N2O/c16-13(15-7-9-1-2-9)8-14-12-6-10-3-4-11(12)5-10/h9-12,14H,1-8H2,(H,15,16).